The van der Waals surface area contributed by atoms with Crippen LogP contribution in [0.25, 0.3) is 0 Å². The molecule has 1 saturated heterocycles. The molecule has 0 spiro atoms. The maximum absolute atomic E-state index is 11.4. The van der Waals surface area contributed by atoms with Gasteiger partial charge in [0.25, 0.3) is 0 Å². The summed E-state index contributed by atoms with van der Waals surface area (Å²) in [6.07, 6.45) is 5.07. The SMILES string of the molecule is C#CCNC(=O)CN=C(N)N1CCN(c2ccc(Cl)cc2)CC1. The lowest BCUT2D eigenvalue weighted by atomic mass is 10.2. The highest BCUT2D eigenvalue weighted by atomic mass is 35.5. The zero-order valence-corrected chi connectivity index (χ0v) is 13.6. The van der Waals surface area contributed by atoms with Crippen LogP contribution in [0, 0.1) is 12.3 Å². The molecule has 1 aliphatic rings. The summed E-state index contributed by atoms with van der Waals surface area (Å²) in [6, 6.07) is 7.78. The first-order valence-electron chi connectivity index (χ1n) is 7.35. The predicted molar refractivity (Wildman–Crippen MR) is 93.6 cm³/mol. The second-order valence-corrected chi connectivity index (χ2v) is 5.54. The highest BCUT2D eigenvalue weighted by Gasteiger charge is 2.18. The lowest BCUT2D eigenvalue weighted by Gasteiger charge is -2.36. The number of nitrogens with two attached hydrogens (primary N) is 1. The quantitative estimate of drug-likeness (QED) is 0.479. The van der Waals surface area contributed by atoms with E-state index in [2.05, 4.69) is 21.1 Å². The molecule has 0 aliphatic carbocycles. The number of guanidine groups is 1. The normalized spacial score (nSPS) is 15.2. The standard InChI is InChI=1S/C16H20ClN5O/c1-2-7-19-15(23)12-20-16(18)22-10-8-21(9-11-22)14-5-3-13(17)4-6-14/h1,3-6H,7-12H2,(H2,18,20)(H,19,23). The molecule has 1 aliphatic heterocycles. The summed E-state index contributed by atoms with van der Waals surface area (Å²) in [5.41, 5.74) is 7.09. The molecular formula is C16H20ClN5O. The van der Waals surface area contributed by atoms with E-state index < -0.39 is 0 Å². The predicted octanol–water partition coefficient (Wildman–Crippen LogP) is 0.526. The molecule has 0 saturated carbocycles. The van der Waals surface area contributed by atoms with E-state index in [-0.39, 0.29) is 19.0 Å². The number of amides is 1. The molecule has 1 heterocycles. The third-order valence-electron chi connectivity index (χ3n) is 3.57. The van der Waals surface area contributed by atoms with E-state index >= 15 is 0 Å². The van der Waals surface area contributed by atoms with Crippen LogP contribution in [-0.4, -0.2) is 56.0 Å². The Labute approximate surface area is 141 Å². The van der Waals surface area contributed by atoms with Gasteiger partial charge in [-0.2, -0.15) is 0 Å². The molecule has 1 fully saturated rings. The number of rotatable bonds is 4. The van der Waals surface area contributed by atoms with Crippen LogP contribution >= 0.6 is 11.6 Å². The van der Waals surface area contributed by atoms with E-state index in [9.17, 15) is 4.79 Å². The lowest BCUT2D eigenvalue weighted by molar-refractivity contribution is -0.119. The van der Waals surface area contributed by atoms with Crippen molar-refractivity contribution in [3.63, 3.8) is 0 Å². The van der Waals surface area contributed by atoms with Gasteiger partial charge in [-0.05, 0) is 24.3 Å². The number of carbonyl (C=O) groups excluding carboxylic acids is 1. The van der Waals surface area contributed by atoms with Gasteiger partial charge in [0.05, 0.1) is 6.54 Å². The van der Waals surface area contributed by atoms with Crippen LogP contribution in [0.3, 0.4) is 0 Å². The van der Waals surface area contributed by atoms with E-state index in [1.54, 1.807) is 0 Å². The summed E-state index contributed by atoms with van der Waals surface area (Å²) in [7, 11) is 0. The van der Waals surface area contributed by atoms with Gasteiger partial charge < -0.3 is 20.9 Å². The Balaban J connectivity index is 1.82. The van der Waals surface area contributed by atoms with Gasteiger partial charge in [0, 0.05) is 36.9 Å². The highest BCUT2D eigenvalue weighted by Crippen LogP contribution is 2.19. The van der Waals surface area contributed by atoms with Gasteiger partial charge in [0.2, 0.25) is 5.91 Å². The lowest BCUT2D eigenvalue weighted by Crippen LogP contribution is -2.51. The van der Waals surface area contributed by atoms with Gasteiger partial charge in [0.1, 0.15) is 6.54 Å². The Morgan fingerprint density at radius 2 is 1.96 bits per heavy atom. The number of halogens is 1. The number of nitrogens with one attached hydrogen (secondary N) is 1. The van der Waals surface area contributed by atoms with E-state index in [1.807, 2.05) is 29.2 Å². The largest absolute Gasteiger partial charge is 0.370 e. The molecule has 3 N–H and O–H groups in total. The fourth-order valence-electron chi connectivity index (χ4n) is 2.30. The minimum atomic E-state index is -0.231. The molecule has 1 aromatic rings. The van der Waals surface area contributed by atoms with Crippen LogP contribution in [0.4, 0.5) is 5.69 Å². The molecule has 0 bridgehead atoms. The third kappa shape index (κ3) is 5.08. The summed E-state index contributed by atoms with van der Waals surface area (Å²) in [5, 5.41) is 3.28. The van der Waals surface area contributed by atoms with Crippen LogP contribution in [0.2, 0.25) is 5.02 Å². The average Bonchev–Trinajstić information content (AvgIpc) is 2.58. The molecule has 2 rings (SSSR count). The number of piperazine rings is 1. The highest BCUT2D eigenvalue weighted by molar-refractivity contribution is 6.30. The van der Waals surface area contributed by atoms with Gasteiger partial charge in [-0.15, -0.1) is 6.42 Å². The topological polar surface area (TPSA) is 74.0 Å². The summed E-state index contributed by atoms with van der Waals surface area (Å²) in [6.45, 7) is 3.37. The van der Waals surface area contributed by atoms with Gasteiger partial charge in [0.15, 0.2) is 5.96 Å². The minimum absolute atomic E-state index is 0.00902. The van der Waals surface area contributed by atoms with Crippen molar-refractivity contribution >= 4 is 29.2 Å². The number of aliphatic imine (C=N–C) groups is 1. The van der Waals surface area contributed by atoms with Crippen LogP contribution in [-0.2, 0) is 4.79 Å². The molecule has 1 aromatic carbocycles. The number of carbonyl (C=O) groups is 1. The molecule has 0 radical (unpaired) electrons. The molecule has 23 heavy (non-hydrogen) atoms. The zero-order valence-electron chi connectivity index (χ0n) is 12.8. The van der Waals surface area contributed by atoms with E-state index in [4.69, 9.17) is 23.8 Å². The number of anilines is 1. The van der Waals surface area contributed by atoms with Gasteiger partial charge in [-0.3, -0.25) is 4.79 Å². The third-order valence-corrected chi connectivity index (χ3v) is 3.82. The van der Waals surface area contributed by atoms with Crippen LogP contribution in [0.15, 0.2) is 29.3 Å². The van der Waals surface area contributed by atoms with E-state index in [0.717, 1.165) is 36.9 Å². The molecule has 122 valence electrons. The number of nitrogens with zero attached hydrogens (tertiary/aromatic N) is 3. The van der Waals surface area contributed by atoms with Crippen LogP contribution in [0.5, 0.6) is 0 Å². The van der Waals surface area contributed by atoms with E-state index in [1.165, 1.54) is 0 Å². The summed E-state index contributed by atoms with van der Waals surface area (Å²) in [5.74, 6) is 2.49. The Hall–Kier alpha value is -2.39. The summed E-state index contributed by atoms with van der Waals surface area (Å²) in [4.78, 5) is 19.8. The summed E-state index contributed by atoms with van der Waals surface area (Å²) >= 11 is 5.90. The first-order chi connectivity index (χ1) is 11.1. The molecule has 0 atom stereocenters. The maximum Gasteiger partial charge on any atom is 0.242 e. The molecule has 7 heteroatoms. The first-order valence-corrected chi connectivity index (χ1v) is 7.73. The van der Waals surface area contributed by atoms with Crippen molar-refractivity contribution in [2.45, 2.75) is 0 Å². The number of hydrogen-bond donors (Lipinski definition) is 2. The van der Waals surface area contributed by atoms with Crippen molar-refractivity contribution in [1.29, 1.82) is 0 Å². The molecule has 6 nitrogen and oxygen atoms in total. The number of hydrogen-bond acceptors (Lipinski definition) is 3. The average molecular weight is 334 g/mol. The molecular weight excluding hydrogens is 314 g/mol. The smallest absolute Gasteiger partial charge is 0.242 e. The van der Waals surface area contributed by atoms with Gasteiger partial charge in [-0.25, -0.2) is 4.99 Å². The van der Waals surface area contributed by atoms with Crippen molar-refractivity contribution in [3.8, 4) is 12.3 Å². The monoisotopic (exact) mass is 333 g/mol. The zero-order chi connectivity index (χ0) is 16.7. The van der Waals surface area contributed by atoms with Crippen molar-refractivity contribution < 1.29 is 4.79 Å². The van der Waals surface area contributed by atoms with Gasteiger partial charge in [-0.1, -0.05) is 17.5 Å². The molecule has 0 unspecified atom stereocenters. The maximum atomic E-state index is 11.4. The molecule has 0 aromatic heterocycles. The van der Waals surface area contributed by atoms with Crippen LogP contribution < -0.4 is 16.0 Å². The van der Waals surface area contributed by atoms with Crippen molar-refractivity contribution in [1.82, 2.24) is 10.2 Å². The Kier molecular flexibility index (Phi) is 6.12. The Morgan fingerprint density at radius 3 is 2.57 bits per heavy atom. The first kappa shape index (κ1) is 17.0. The van der Waals surface area contributed by atoms with E-state index in [0.29, 0.717) is 5.96 Å². The fraction of sp³-hybridized carbons (Fsp3) is 0.375. The number of benzene rings is 1. The van der Waals surface area contributed by atoms with Crippen molar-refractivity contribution in [3.05, 3.63) is 29.3 Å². The van der Waals surface area contributed by atoms with Crippen LogP contribution in [0.1, 0.15) is 0 Å². The second-order valence-electron chi connectivity index (χ2n) is 5.11. The molecule has 1 amide bonds. The summed E-state index contributed by atoms with van der Waals surface area (Å²) < 4.78 is 0. The van der Waals surface area contributed by atoms with Crippen molar-refractivity contribution in [2.24, 2.45) is 10.7 Å². The fourth-order valence-corrected chi connectivity index (χ4v) is 2.43. The van der Waals surface area contributed by atoms with Gasteiger partial charge >= 0.3 is 0 Å². The minimum Gasteiger partial charge on any atom is -0.370 e. The van der Waals surface area contributed by atoms with Crippen molar-refractivity contribution in [2.75, 3.05) is 44.2 Å². The Bertz CT molecular complexity index is 600. The Morgan fingerprint density at radius 1 is 1.30 bits per heavy atom. The second kappa shape index (κ2) is 8.30. The number of terminal acetylenes is 1.